The van der Waals surface area contributed by atoms with E-state index in [0.29, 0.717) is 10.3 Å². The Hall–Kier alpha value is -0.940. The van der Waals surface area contributed by atoms with Gasteiger partial charge in [0, 0.05) is 26.2 Å². The minimum Gasteiger partial charge on any atom is -0.335 e. The van der Waals surface area contributed by atoms with Gasteiger partial charge in [0.15, 0.2) is 0 Å². The molecule has 0 saturated carbocycles. The van der Waals surface area contributed by atoms with Crippen molar-refractivity contribution in [3.8, 4) is 0 Å². The molecule has 2 heterocycles. The van der Waals surface area contributed by atoms with Crippen LogP contribution in [-0.4, -0.2) is 42.0 Å². The number of halogens is 1. The van der Waals surface area contributed by atoms with Crippen LogP contribution in [0.15, 0.2) is 22.8 Å². The standard InChI is InChI=1S/C10H12BrN3O/c11-9-3-1-2-8(13-9)10(15)14-6-4-12-5-7-14/h1-3,12H,4-7H2. The van der Waals surface area contributed by atoms with E-state index in [1.54, 1.807) is 6.07 Å². The normalized spacial score (nSPS) is 16.5. The fourth-order valence-corrected chi connectivity index (χ4v) is 1.90. The molecule has 1 aliphatic rings. The van der Waals surface area contributed by atoms with Crippen molar-refractivity contribution in [2.24, 2.45) is 0 Å². The number of amides is 1. The summed E-state index contributed by atoms with van der Waals surface area (Å²) in [5.41, 5.74) is 0.506. The van der Waals surface area contributed by atoms with Crippen LogP contribution in [0, 0.1) is 0 Å². The van der Waals surface area contributed by atoms with Gasteiger partial charge in [-0.2, -0.15) is 0 Å². The monoisotopic (exact) mass is 269 g/mol. The van der Waals surface area contributed by atoms with Crippen molar-refractivity contribution < 1.29 is 4.79 Å². The molecule has 1 fully saturated rings. The lowest BCUT2D eigenvalue weighted by Gasteiger charge is -2.27. The molecule has 0 unspecified atom stereocenters. The molecular weight excluding hydrogens is 258 g/mol. The summed E-state index contributed by atoms with van der Waals surface area (Å²) in [6, 6.07) is 5.39. The molecule has 1 aromatic rings. The highest BCUT2D eigenvalue weighted by atomic mass is 79.9. The molecule has 0 atom stereocenters. The third kappa shape index (κ3) is 2.54. The van der Waals surface area contributed by atoms with Crippen LogP contribution in [0.3, 0.4) is 0 Å². The van der Waals surface area contributed by atoms with E-state index in [9.17, 15) is 4.79 Å². The number of nitrogens with zero attached hydrogens (tertiary/aromatic N) is 2. The smallest absolute Gasteiger partial charge is 0.272 e. The summed E-state index contributed by atoms with van der Waals surface area (Å²) in [4.78, 5) is 17.9. The van der Waals surface area contributed by atoms with Gasteiger partial charge in [0.2, 0.25) is 0 Å². The van der Waals surface area contributed by atoms with E-state index in [0.717, 1.165) is 26.2 Å². The van der Waals surface area contributed by atoms with E-state index < -0.39 is 0 Å². The maximum Gasteiger partial charge on any atom is 0.272 e. The van der Waals surface area contributed by atoms with Crippen molar-refractivity contribution in [2.45, 2.75) is 0 Å². The first-order chi connectivity index (χ1) is 7.27. The van der Waals surface area contributed by atoms with Crippen LogP contribution < -0.4 is 5.32 Å². The van der Waals surface area contributed by atoms with Crippen LogP contribution in [0.4, 0.5) is 0 Å². The number of pyridine rings is 1. The molecular formula is C10H12BrN3O. The number of hydrogen-bond acceptors (Lipinski definition) is 3. The second-order valence-corrected chi connectivity index (χ2v) is 4.20. The van der Waals surface area contributed by atoms with Crippen LogP contribution in [0.1, 0.15) is 10.5 Å². The second-order valence-electron chi connectivity index (χ2n) is 3.39. The van der Waals surface area contributed by atoms with Crippen LogP contribution in [0.25, 0.3) is 0 Å². The van der Waals surface area contributed by atoms with Crippen LogP contribution >= 0.6 is 15.9 Å². The Morgan fingerprint density at radius 3 is 2.80 bits per heavy atom. The highest BCUT2D eigenvalue weighted by molar-refractivity contribution is 9.10. The van der Waals surface area contributed by atoms with Gasteiger partial charge in [-0.15, -0.1) is 0 Å². The van der Waals surface area contributed by atoms with Crippen LogP contribution in [0.5, 0.6) is 0 Å². The predicted molar refractivity (Wildman–Crippen MR) is 60.7 cm³/mol. The molecule has 5 heteroatoms. The van der Waals surface area contributed by atoms with Gasteiger partial charge in [0.1, 0.15) is 10.3 Å². The highest BCUT2D eigenvalue weighted by Gasteiger charge is 2.18. The lowest BCUT2D eigenvalue weighted by Crippen LogP contribution is -2.46. The lowest BCUT2D eigenvalue weighted by atomic mass is 10.3. The molecule has 1 amide bonds. The summed E-state index contributed by atoms with van der Waals surface area (Å²) in [7, 11) is 0. The van der Waals surface area contributed by atoms with Crippen molar-refractivity contribution in [1.29, 1.82) is 0 Å². The lowest BCUT2D eigenvalue weighted by molar-refractivity contribution is 0.0729. The molecule has 15 heavy (non-hydrogen) atoms. The first-order valence-corrected chi connectivity index (χ1v) is 5.69. The van der Waals surface area contributed by atoms with Crippen molar-refractivity contribution in [2.75, 3.05) is 26.2 Å². The van der Waals surface area contributed by atoms with Crippen molar-refractivity contribution >= 4 is 21.8 Å². The van der Waals surface area contributed by atoms with E-state index >= 15 is 0 Å². The van der Waals surface area contributed by atoms with Gasteiger partial charge in [-0.1, -0.05) is 6.07 Å². The molecule has 1 aromatic heterocycles. The zero-order valence-corrected chi connectivity index (χ0v) is 9.83. The van der Waals surface area contributed by atoms with E-state index in [2.05, 4.69) is 26.2 Å². The van der Waals surface area contributed by atoms with E-state index in [1.807, 2.05) is 17.0 Å². The number of nitrogens with one attached hydrogen (secondary N) is 1. The topological polar surface area (TPSA) is 45.2 Å². The Kier molecular flexibility index (Phi) is 3.33. The zero-order valence-electron chi connectivity index (χ0n) is 8.24. The zero-order chi connectivity index (χ0) is 10.7. The third-order valence-corrected chi connectivity index (χ3v) is 2.78. The highest BCUT2D eigenvalue weighted by Crippen LogP contribution is 2.09. The molecule has 0 aliphatic carbocycles. The van der Waals surface area contributed by atoms with E-state index in [4.69, 9.17) is 0 Å². The molecule has 1 aliphatic heterocycles. The molecule has 0 spiro atoms. The predicted octanol–water partition coefficient (Wildman–Crippen LogP) is 0.889. The van der Waals surface area contributed by atoms with Gasteiger partial charge in [0.25, 0.3) is 5.91 Å². The molecule has 1 N–H and O–H groups in total. The Morgan fingerprint density at radius 1 is 1.40 bits per heavy atom. The minimum absolute atomic E-state index is 0.0119. The van der Waals surface area contributed by atoms with Gasteiger partial charge < -0.3 is 10.2 Å². The summed E-state index contributed by atoms with van der Waals surface area (Å²) in [6.45, 7) is 3.24. The van der Waals surface area contributed by atoms with Gasteiger partial charge in [-0.25, -0.2) is 4.98 Å². The third-order valence-electron chi connectivity index (χ3n) is 2.34. The number of carbonyl (C=O) groups excluding carboxylic acids is 1. The fourth-order valence-electron chi connectivity index (χ4n) is 1.56. The average Bonchev–Trinajstić information content (AvgIpc) is 2.29. The van der Waals surface area contributed by atoms with Crippen LogP contribution in [-0.2, 0) is 0 Å². The summed E-state index contributed by atoms with van der Waals surface area (Å²) in [5, 5.41) is 3.21. The summed E-state index contributed by atoms with van der Waals surface area (Å²) >= 11 is 3.26. The van der Waals surface area contributed by atoms with Gasteiger partial charge in [-0.3, -0.25) is 4.79 Å². The maximum atomic E-state index is 12.0. The molecule has 0 aromatic carbocycles. The van der Waals surface area contributed by atoms with Crippen LogP contribution in [0.2, 0.25) is 0 Å². The van der Waals surface area contributed by atoms with Crippen molar-refractivity contribution in [3.63, 3.8) is 0 Å². The average molecular weight is 270 g/mol. The number of hydrogen-bond donors (Lipinski definition) is 1. The quantitative estimate of drug-likeness (QED) is 0.771. The Balaban J connectivity index is 2.12. The van der Waals surface area contributed by atoms with Crippen molar-refractivity contribution in [1.82, 2.24) is 15.2 Å². The summed E-state index contributed by atoms with van der Waals surface area (Å²) < 4.78 is 0.698. The summed E-state index contributed by atoms with van der Waals surface area (Å²) in [5.74, 6) is 0.0119. The number of aromatic nitrogens is 1. The Labute approximate surface area is 96.8 Å². The molecule has 4 nitrogen and oxygen atoms in total. The maximum absolute atomic E-state index is 12.0. The van der Waals surface area contributed by atoms with E-state index in [1.165, 1.54) is 0 Å². The first-order valence-electron chi connectivity index (χ1n) is 4.90. The summed E-state index contributed by atoms with van der Waals surface area (Å²) in [6.07, 6.45) is 0. The molecule has 80 valence electrons. The molecule has 0 radical (unpaired) electrons. The van der Waals surface area contributed by atoms with Gasteiger partial charge in [0.05, 0.1) is 0 Å². The SMILES string of the molecule is O=C(c1cccc(Br)n1)N1CCNCC1. The van der Waals surface area contributed by atoms with E-state index in [-0.39, 0.29) is 5.91 Å². The van der Waals surface area contributed by atoms with Crippen molar-refractivity contribution in [3.05, 3.63) is 28.5 Å². The molecule has 1 saturated heterocycles. The molecule has 2 rings (SSSR count). The second kappa shape index (κ2) is 4.72. The largest absolute Gasteiger partial charge is 0.335 e. The van der Waals surface area contributed by atoms with Gasteiger partial charge in [-0.05, 0) is 28.1 Å². The Morgan fingerprint density at radius 2 is 2.13 bits per heavy atom. The molecule has 0 bridgehead atoms. The number of rotatable bonds is 1. The van der Waals surface area contributed by atoms with Gasteiger partial charge >= 0.3 is 0 Å². The first kappa shape index (κ1) is 10.6. The number of piperazine rings is 1. The fraction of sp³-hybridized carbons (Fsp3) is 0.400. The number of carbonyl (C=O) groups is 1. The minimum atomic E-state index is 0.0119. The Bertz CT molecular complexity index is 363.